The number of benzene rings is 3. The maximum Gasteiger partial charge on any atom is 0.243 e. The zero-order valence-electron chi connectivity index (χ0n) is 17.8. The number of carbonyl (C=O) groups excluding carboxylic acids is 1. The minimum Gasteiger partial charge on any atom is -0.315 e. The molecule has 3 aromatic rings. The van der Waals surface area contributed by atoms with Crippen molar-refractivity contribution in [1.29, 1.82) is 0 Å². The lowest BCUT2D eigenvalue weighted by Crippen LogP contribution is -2.35. The van der Waals surface area contributed by atoms with Gasteiger partial charge in [-0.2, -0.15) is 4.31 Å². The van der Waals surface area contributed by atoms with Crippen LogP contribution in [-0.4, -0.2) is 38.8 Å². The first-order valence-electron chi connectivity index (χ1n) is 10.8. The number of sulfonamides is 1. The SMILES string of the molecule is CN(C(=O)CCc1ccc(S(=O)(=O)N2CCCCC2)cc1)c1cccc2ccccc12. The Balaban J connectivity index is 1.41. The van der Waals surface area contributed by atoms with E-state index in [0.717, 1.165) is 41.3 Å². The van der Waals surface area contributed by atoms with Crippen LogP contribution < -0.4 is 4.90 Å². The van der Waals surface area contributed by atoms with E-state index in [0.29, 0.717) is 30.8 Å². The van der Waals surface area contributed by atoms with E-state index < -0.39 is 10.0 Å². The first-order valence-corrected chi connectivity index (χ1v) is 12.2. The van der Waals surface area contributed by atoms with Gasteiger partial charge in [-0.3, -0.25) is 4.79 Å². The van der Waals surface area contributed by atoms with Gasteiger partial charge >= 0.3 is 0 Å². The Bertz CT molecular complexity index is 1160. The number of fused-ring (bicyclic) bond motifs is 1. The third kappa shape index (κ3) is 4.65. The zero-order chi connectivity index (χ0) is 21.8. The van der Waals surface area contributed by atoms with Crippen LogP contribution in [0.3, 0.4) is 0 Å². The van der Waals surface area contributed by atoms with E-state index in [4.69, 9.17) is 0 Å². The van der Waals surface area contributed by atoms with Gasteiger partial charge in [0.1, 0.15) is 0 Å². The van der Waals surface area contributed by atoms with Gasteiger partial charge in [-0.25, -0.2) is 8.42 Å². The van der Waals surface area contributed by atoms with E-state index in [1.807, 2.05) is 54.6 Å². The van der Waals surface area contributed by atoms with E-state index in [-0.39, 0.29) is 5.91 Å². The number of carbonyl (C=O) groups is 1. The summed E-state index contributed by atoms with van der Waals surface area (Å²) >= 11 is 0. The summed E-state index contributed by atoms with van der Waals surface area (Å²) in [4.78, 5) is 14.9. The molecular formula is C25H28N2O3S. The van der Waals surface area contributed by atoms with Crippen molar-refractivity contribution in [2.24, 2.45) is 0 Å². The normalized spacial score (nSPS) is 15.1. The van der Waals surface area contributed by atoms with Crippen molar-refractivity contribution in [2.45, 2.75) is 37.0 Å². The standard InChI is InChI=1S/C25H28N2O3S/c1-26(24-11-7-9-21-8-3-4-10-23(21)24)25(28)17-14-20-12-15-22(16-13-20)31(29,30)27-18-5-2-6-19-27/h3-4,7-13,15-16H,2,5-6,14,17-19H2,1H3. The van der Waals surface area contributed by atoms with Gasteiger partial charge in [-0.05, 0) is 48.4 Å². The van der Waals surface area contributed by atoms with E-state index >= 15 is 0 Å². The first-order chi connectivity index (χ1) is 15.0. The van der Waals surface area contributed by atoms with Crippen LogP contribution in [0.4, 0.5) is 5.69 Å². The molecule has 0 unspecified atom stereocenters. The Morgan fingerprint density at radius 1 is 0.903 bits per heavy atom. The minimum absolute atomic E-state index is 0.0290. The van der Waals surface area contributed by atoms with Crippen molar-refractivity contribution in [3.05, 3.63) is 72.3 Å². The molecule has 0 spiro atoms. The molecule has 1 amide bonds. The highest BCUT2D eigenvalue weighted by molar-refractivity contribution is 7.89. The molecule has 0 saturated carbocycles. The molecule has 1 saturated heterocycles. The maximum absolute atomic E-state index is 12.8. The Hall–Kier alpha value is -2.70. The fraction of sp³-hybridized carbons (Fsp3) is 0.320. The number of hydrogen-bond acceptors (Lipinski definition) is 3. The second-order valence-electron chi connectivity index (χ2n) is 8.06. The summed E-state index contributed by atoms with van der Waals surface area (Å²) in [7, 11) is -1.62. The van der Waals surface area contributed by atoms with Crippen molar-refractivity contribution in [3.8, 4) is 0 Å². The van der Waals surface area contributed by atoms with E-state index in [9.17, 15) is 13.2 Å². The number of hydrogen-bond donors (Lipinski definition) is 0. The van der Waals surface area contributed by atoms with Crippen molar-refractivity contribution < 1.29 is 13.2 Å². The summed E-state index contributed by atoms with van der Waals surface area (Å²) in [6, 6.07) is 21.0. The smallest absolute Gasteiger partial charge is 0.243 e. The van der Waals surface area contributed by atoms with Crippen molar-refractivity contribution in [3.63, 3.8) is 0 Å². The van der Waals surface area contributed by atoms with Crippen LogP contribution in [0.25, 0.3) is 10.8 Å². The summed E-state index contributed by atoms with van der Waals surface area (Å²) < 4.78 is 27.1. The Kier molecular flexibility index (Phi) is 6.39. The molecule has 1 aliphatic rings. The number of piperidine rings is 1. The molecule has 0 N–H and O–H groups in total. The lowest BCUT2D eigenvalue weighted by Gasteiger charge is -2.25. The van der Waals surface area contributed by atoms with E-state index in [2.05, 4.69) is 0 Å². The Labute approximate surface area is 184 Å². The lowest BCUT2D eigenvalue weighted by atomic mass is 10.1. The van der Waals surface area contributed by atoms with Gasteiger partial charge in [0.25, 0.3) is 0 Å². The summed E-state index contributed by atoms with van der Waals surface area (Å²) in [5.74, 6) is 0.0290. The Morgan fingerprint density at radius 3 is 2.32 bits per heavy atom. The number of anilines is 1. The van der Waals surface area contributed by atoms with Gasteiger partial charge in [0.15, 0.2) is 0 Å². The summed E-state index contributed by atoms with van der Waals surface area (Å²) in [6.07, 6.45) is 3.86. The van der Waals surface area contributed by atoms with Crippen LogP contribution in [0.2, 0.25) is 0 Å². The molecule has 4 rings (SSSR count). The molecule has 0 bridgehead atoms. The number of aryl methyl sites for hydroxylation is 1. The molecule has 31 heavy (non-hydrogen) atoms. The summed E-state index contributed by atoms with van der Waals surface area (Å²) in [5, 5.41) is 2.15. The molecule has 6 heteroatoms. The predicted molar refractivity (Wildman–Crippen MR) is 125 cm³/mol. The highest BCUT2D eigenvalue weighted by Crippen LogP contribution is 2.26. The maximum atomic E-state index is 12.8. The largest absolute Gasteiger partial charge is 0.315 e. The first kappa shape index (κ1) is 21.5. The monoisotopic (exact) mass is 436 g/mol. The van der Waals surface area contributed by atoms with Gasteiger partial charge in [0.05, 0.1) is 10.6 Å². The van der Waals surface area contributed by atoms with Crippen LogP contribution in [0.15, 0.2) is 71.6 Å². The number of nitrogens with zero attached hydrogens (tertiary/aromatic N) is 2. The molecule has 0 radical (unpaired) electrons. The average molecular weight is 437 g/mol. The highest BCUT2D eigenvalue weighted by Gasteiger charge is 2.25. The fourth-order valence-corrected chi connectivity index (χ4v) is 5.65. The van der Waals surface area contributed by atoms with Crippen LogP contribution in [0.1, 0.15) is 31.2 Å². The van der Waals surface area contributed by atoms with Gasteiger partial charge in [0.2, 0.25) is 15.9 Å². The van der Waals surface area contributed by atoms with E-state index in [1.54, 1.807) is 28.4 Å². The minimum atomic E-state index is -3.42. The van der Waals surface area contributed by atoms with Gasteiger partial charge < -0.3 is 4.90 Å². The zero-order valence-corrected chi connectivity index (χ0v) is 18.6. The van der Waals surface area contributed by atoms with Crippen molar-refractivity contribution in [2.75, 3.05) is 25.0 Å². The molecule has 0 aromatic heterocycles. The number of amides is 1. The second kappa shape index (κ2) is 9.20. The van der Waals surface area contributed by atoms with Crippen LogP contribution in [0.5, 0.6) is 0 Å². The van der Waals surface area contributed by atoms with Crippen LogP contribution in [0, 0.1) is 0 Å². The quantitative estimate of drug-likeness (QED) is 0.567. The van der Waals surface area contributed by atoms with Gasteiger partial charge in [0, 0.05) is 31.9 Å². The fourth-order valence-electron chi connectivity index (χ4n) is 4.14. The van der Waals surface area contributed by atoms with E-state index in [1.165, 1.54) is 0 Å². The molecule has 1 fully saturated rings. The molecule has 1 aliphatic heterocycles. The molecule has 0 aliphatic carbocycles. The Morgan fingerprint density at radius 2 is 1.58 bits per heavy atom. The van der Waals surface area contributed by atoms with Crippen LogP contribution in [-0.2, 0) is 21.2 Å². The summed E-state index contributed by atoms with van der Waals surface area (Å²) in [6.45, 7) is 1.19. The second-order valence-corrected chi connectivity index (χ2v) is 10.00. The predicted octanol–water partition coefficient (Wildman–Crippen LogP) is 4.61. The topological polar surface area (TPSA) is 57.7 Å². The molecule has 3 aromatic carbocycles. The average Bonchev–Trinajstić information content (AvgIpc) is 2.82. The van der Waals surface area contributed by atoms with Gasteiger partial charge in [-0.1, -0.05) is 55.0 Å². The molecule has 1 heterocycles. The third-order valence-corrected chi connectivity index (χ3v) is 7.92. The van der Waals surface area contributed by atoms with Crippen molar-refractivity contribution in [1.82, 2.24) is 4.31 Å². The molecule has 162 valence electrons. The van der Waals surface area contributed by atoms with Gasteiger partial charge in [-0.15, -0.1) is 0 Å². The summed E-state index contributed by atoms with van der Waals surface area (Å²) in [5.41, 5.74) is 1.85. The third-order valence-electron chi connectivity index (χ3n) is 6.01. The molecular weight excluding hydrogens is 408 g/mol. The lowest BCUT2D eigenvalue weighted by molar-refractivity contribution is -0.118. The number of rotatable bonds is 6. The molecule has 0 atom stereocenters. The molecule has 5 nitrogen and oxygen atoms in total. The van der Waals surface area contributed by atoms with Crippen molar-refractivity contribution >= 4 is 32.4 Å². The van der Waals surface area contributed by atoms with Crippen LogP contribution >= 0.6 is 0 Å². The highest BCUT2D eigenvalue weighted by atomic mass is 32.2.